The molecule has 0 radical (unpaired) electrons. The van der Waals surface area contributed by atoms with Crippen molar-refractivity contribution in [2.75, 3.05) is 20.1 Å². The van der Waals surface area contributed by atoms with Crippen molar-refractivity contribution < 1.29 is 4.79 Å². The molecule has 1 aromatic rings. The predicted molar refractivity (Wildman–Crippen MR) is 73.9 cm³/mol. The van der Waals surface area contributed by atoms with E-state index in [1.165, 1.54) is 11.3 Å². The maximum absolute atomic E-state index is 11.9. The van der Waals surface area contributed by atoms with Crippen molar-refractivity contribution >= 4 is 29.7 Å². The van der Waals surface area contributed by atoms with Crippen molar-refractivity contribution in [1.29, 1.82) is 0 Å². The average Bonchev–Trinajstić information content (AvgIpc) is 2.64. The van der Waals surface area contributed by atoms with Crippen LogP contribution in [0.25, 0.3) is 0 Å². The zero-order valence-corrected chi connectivity index (χ0v) is 12.1. The van der Waals surface area contributed by atoms with E-state index >= 15 is 0 Å². The van der Waals surface area contributed by atoms with Gasteiger partial charge >= 0.3 is 0 Å². The minimum absolute atomic E-state index is 0. The molecule has 17 heavy (non-hydrogen) atoms. The zero-order valence-electron chi connectivity index (χ0n) is 10.5. The second-order valence-corrected chi connectivity index (χ2v) is 5.19. The summed E-state index contributed by atoms with van der Waals surface area (Å²) in [6.45, 7) is 5.50. The molecule has 4 nitrogen and oxygen atoms in total. The summed E-state index contributed by atoms with van der Waals surface area (Å²) in [7, 11) is 1.81. The lowest BCUT2D eigenvalue weighted by molar-refractivity contribution is 0.0774. The fraction of sp³-hybridized carbons (Fsp3) is 0.636. The Labute approximate surface area is 113 Å². The van der Waals surface area contributed by atoms with E-state index in [0.717, 1.165) is 18.0 Å². The van der Waals surface area contributed by atoms with Crippen LogP contribution in [0.5, 0.6) is 0 Å². The van der Waals surface area contributed by atoms with Gasteiger partial charge < -0.3 is 10.6 Å². The third-order valence-corrected chi connectivity index (χ3v) is 3.02. The van der Waals surface area contributed by atoms with E-state index in [-0.39, 0.29) is 18.3 Å². The number of rotatable bonds is 5. The molecule has 1 rings (SSSR count). The van der Waals surface area contributed by atoms with E-state index in [1.807, 2.05) is 12.4 Å². The summed E-state index contributed by atoms with van der Waals surface area (Å²) in [5.74, 6) is 0.462. The van der Waals surface area contributed by atoms with Gasteiger partial charge in [0.25, 0.3) is 5.91 Å². The second-order valence-electron chi connectivity index (χ2n) is 4.24. The van der Waals surface area contributed by atoms with Crippen LogP contribution in [0.4, 0.5) is 0 Å². The van der Waals surface area contributed by atoms with E-state index in [2.05, 4.69) is 18.8 Å². The van der Waals surface area contributed by atoms with Gasteiger partial charge in [-0.2, -0.15) is 0 Å². The molecule has 0 aliphatic carbocycles. The molecule has 0 aromatic carbocycles. The van der Waals surface area contributed by atoms with Crippen molar-refractivity contribution in [2.24, 2.45) is 11.7 Å². The number of carbonyl (C=O) groups excluding carboxylic acids is 1. The lowest BCUT2D eigenvalue weighted by Gasteiger charge is -2.17. The van der Waals surface area contributed by atoms with Gasteiger partial charge in [-0.25, -0.2) is 4.98 Å². The quantitative estimate of drug-likeness (QED) is 0.893. The first kappa shape index (κ1) is 16.4. The first-order chi connectivity index (χ1) is 7.54. The van der Waals surface area contributed by atoms with E-state index in [4.69, 9.17) is 5.73 Å². The molecule has 0 atom stereocenters. The summed E-state index contributed by atoms with van der Waals surface area (Å²) in [5.41, 5.74) is 5.98. The minimum Gasteiger partial charge on any atom is -0.340 e. The Kier molecular flexibility index (Phi) is 7.34. The number of carbonyl (C=O) groups is 1. The van der Waals surface area contributed by atoms with Crippen LogP contribution in [-0.2, 0) is 6.42 Å². The van der Waals surface area contributed by atoms with Gasteiger partial charge in [0.15, 0.2) is 0 Å². The van der Waals surface area contributed by atoms with Crippen LogP contribution in [0.1, 0.15) is 29.3 Å². The summed E-state index contributed by atoms with van der Waals surface area (Å²) in [4.78, 5) is 17.9. The molecule has 0 aliphatic rings. The van der Waals surface area contributed by atoms with Gasteiger partial charge in [-0.1, -0.05) is 13.8 Å². The van der Waals surface area contributed by atoms with Crippen molar-refractivity contribution in [2.45, 2.75) is 20.3 Å². The first-order valence-electron chi connectivity index (χ1n) is 5.44. The Morgan fingerprint density at radius 1 is 1.59 bits per heavy atom. The van der Waals surface area contributed by atoms with Crippen LogP contribution in [-0.4, -0.2) is 35.9 Å². The van der Waals surface area contributed by atoms with Crippen LogP contribution in [0, 0.1) is 5.92 Å². The Balaban J connectivity index is 0.00000256. The zero-order chi connectivity index (χ0) is 12.1. The molecule has 0 unspecified atom stereocenters. The number of hydrogen-bond donors (Lipinski definition) is 1. The highest BCUT2D eigenvalue weighted by molar-refractivity contribution is 7.09. The largest absolute Gasteiger partial charge is 0.340 e. The number of halogens is 1. The van der Waals surface area contributed by atoms with Gasteiger partial charge in [0.1, 0.15) is 5.69 Å². The second kappa shape index (κ2) is 7.63. The van der Waals surface area contributed by atoms with E-state index in [9.17, 15) is 4.79 Å². The third kappa shape index (κ3) is 5.02. The third-order valence-electron chi connectivity index (χ3n) is 2.11. The molecule has 6 heteroatoms. The van der Waals surface area contributed by atoms with Gasteiger partial charge in [-0.05, 0) is 12.5 Å². The van der Waals surface area contributed by atoms with Crippen molar-refractivity contribution in [3.8, 4) is 0 Å². The average molecular weight is 278 g/mol. The summed E-state index contributed by atoms with van der Waals surface area (Å²) < 4.78 is 0. The molecule has 1 heterocycles. The molecule has 1 amide bonds. The van der Waals surface area contributed by atoms with Gasteiger partial charge in [-0.15, -0.1) is 23.7 Å². The van der Waals surface area contributed by atoms with Gasteiger partial charge in [0.05, 0.1) is 5.01 Å². The standard InChI is InChI=1S/C11H19N3OS.ClH/c1-8(2)6-14(3)11(15)9-7-16-10(13-9)4-5-12;/h7-8H,4-6,12H2,1-3H3;1H. The van der Waals surface area contributed by atoms with Crippen LogP contribution >= 0.6 is 23.7 Å². The SMILES string of the molecule is CC(C)CN(C)C(=O)c1csc(CCN)n1.Cl. The molecule has 98 valence electrons. The molecular formula is C11H20ClN3OS. The molecule has 1 aromatic heterocycles. The summed E-state index contributed by atoms with van der Waals surface area (Å²) >= 11 is 1.50. The Hall–Kier alpha value is -0.650. The fourth-order valence-corrected chi connectivity index (χ4v) is 2.26. The van der Waals surface area contributed by atoms with Gasteiger partial charge in [-0.3, -0.25) is 4.79 Å². The van der Waals surface area contributed by atoms with Crippen LogP contribution in [0.15, 0.2) is 5.38 Å². The van der Waals surface area contributed by atoms with E-state index < -0.39 is 0 Å². The van der Waals surface area contributed by atoms with Crippen molar-refractivity contribution in [1.82, 2.24) is 9.88 Å². The van der Waals surface area contributed by atoms with E-state index in [0.29, 0.717) is 18.2 Å². The Bertz CT molecular complexity index is 354. The van der Waals surface area contributed by atoms with Crippen LogP contribution in [0.2, 0.25) is 0 Å². The minimum atomic E-state index is -0.00628. The summed E-state index contributed by atoms with van der Waals surface area (Å²) in [5, 5.41) is 2.74. The Morgan fingerprint density at radius 3 is 2.76 bits per heavy atom. The van der Waals surface area contributed by atoms with Gasteiger partial charge in [0.2, 0.25) is 0 Å². The smallest absolute Gasteiger partial charge is 0.273 e. The number of thiazole rings is 1. The molecule has 0 aliphatic heterocycles. The number of nitrogens with two attached hydrogens (primary N) is 1. The van der Waals surface area contributed by atoms with Crippen molar-refractivity contribution in [3.05, 3.63) is 16.1 Å². The molecular weight excluding hydrogens is 258 g/mol. The predicted octanol–water partition coefficient (Wildman–Crippen LogP) is 1.79. The molecule has 0 saturated carbocycles. The first-order valence-corrected chi connectivity index (χ1v) is 6.32. The van der Waals surface area contributed by atoms with E-state index in [1.54, 1.807) is 4.90 Å². The Morgan fingerprint density at radius 2 is 2.24 bits per heavy atom. The van der Waals surface area contributed by atoms with Crippen LogP contribution < -0.4 is 5.73 Å². The summed E-state index contributed by atoms with van der Waals surface area (Å²) in [6, 6.07) is 0. The lowest BCUT2D eigenvalue weighted by Crippen LogP contribution is -2.30. The normalized spacial score (nSPS) is 10.2. The number of amides is 1. The summed E-state index contributed by atoms with van der Waals surface area (Å²) in [6.07, 6.45) is 0.742. The molecule has 0 fully saturated rings. The fourth-order valence-electron chi connectivity index (χ4n) is 1.47. The lowest BCUT2D eigenvalue weighted by atomic mass is 10.2. The topological polar surface area (TPSA) is 59.2 Å². The number of nitrogens with zero attached hydrogens (tertiary/aromatic N) is 2. The van der Waals surface area contributed by atoms with Gasteiger partial charge in [0, 0.05) is 25.4 Å². The highest BCUT2D eigenvalue weighted by atomic mass is 35.5. The monoisotopic (exact) mass is 277 g/mol. The van der Waals surface area contributed by atoms with Crippen LogP contribution in [0.3, 0.4) is 0 Å². The van der Waals surface area contributed by atoms with Crippen molar-refractivity contribution in [3.63, 3.8) is 0 Å². The number of aromatic nitrogens is 1. The molecule has 0 saturated heterocycles. The maximum atomic E-state index is 11.9. The maximum Gasteiger partial charge on any atom is 0.273 e. The highest BCUT2D eigenvalue weighted by Crippen LogP contribution is 2.12. The molecule has 2 N–H and O–H groups in total. The highest BCUT2D eigenvalue weighted by Gasteiger charge is 2.15. The molecule has 0 bridgehead atoms. The molecule has 0 spiro atoms. The number of hydrogen-bond acceptors (Lipinski definition) is 4.